The third kappa shape index (κ3) is 2.44. The van der Waals surface area contributed by atoms with Gasteiger partial charge in [-0.25, -0.2) is 9.97 Å². The third-order valence-corrected chi connectivity index (χ3v) is 3.17. The number of imidazole rings is 1. The van der Waals surface area contributed by atoms with Crippen LogP contribution >= 0.6 is 0 Å². The van der Waals surface area contributed by atoms with Crippen LogP contribution < -0.4 is 0 Å². The van der Waals surface area contributed by atoms with Gasteiger partial charge in [-0.2, -0.15) is 0 Å². The number of nitrogens with zero attached hydrogens (tertiary/aromatic N) is 3. The molecule has 0 aliphatic heterocycles. The summed E-state index contributed by atoms with van der Waals surface area (Å²) in [5.74, 6) is 1.56. The van der Waals surface area contributed by atoms with E-state index >= 15 is 0 Å². The highest BCUT2D eigenvalue weighted by Crippen LogP contribution is 2.18. The van der Waals surface area contributed by atoms with Crippen molar-refractivity contribution in [3.8, 4) is 0 Å². The van der Waals surface area contributed by atoms with E-state index in [1.54, 1.807) is 6.20 Å². The maximum Gasteiger partial charge on any atom is 0.215 e. The molecule has 0 fully saturated rings. The van der Waals surface area contributed by atoms with E-state index in [9.17, 15) is 0 Å². The maximum absolute atomic E-state index is 5.74. The van der Waals surface area contributed by atoms with Crippen molar-refractivity contribution in [1.29, 1.82) is 0 Å². The molecule has 2 heterocycles. The molecule has 5 heteroatoms. The Morgan fingerprint density at radius 1 is 1.35 bits per heavy atom. The average Bonchev–Trinajstić information content (AvgIpc) is 3.05. The number of rotatable bonds is 5. The van der Waals surface area contributed by atoms with Gasteiger partial charge >= 0.3 is 0 Å². The van der Waals surface area contributed by atoms with Crippen LogP contribution in [0.2, 0.25) is 0 Å². The number of hydrogen-bond donors (Lipinski definition) is 0. The van der Waals surface area contributed by atoms with Gasteiger partial charge < -0.3 is 13.7 Å². The molecule has 0 radical (unpaired) electrons. The first-order valence-electron chi connectivity index (χ1n) is 6.75. The van der Waals surface area contributed by atoms with Gasteiger partial charge in [0.05, 0.1) is 0 Å². The Balaban J connectivity index is 1.86. The quantitative estimate of drug-likeness (QED) is 0.715. The van der Waals surface area contributed by atoms with Gasteiger partial charge in [0, 0.05) is 19.0 Å². The van der Waals surface area contributed by atoms with E-state index in [0.717, 1.165) is 16.9 Å². The summed E-state index contributed by atoms with van der Waals surface area (Å²) in [4.78, 5) is 8.83. The number of oxazole rings is 1. The molecular formula is C15H17N3O2. The van der Waals surface area contributed by atoms with Crippen LogP contribution in [0.5, 0.6) is 0 Å². The van der Waals surface area contributed by atoms with Gasteiger partial charge in [0.1, 0.15) is 24.0 Å². The molecule has 1 atom stereocenters. The summed E-state index contributed by atoms with van der Waals surface area (Å²) in [6.07, 6.45) is 3.65. The zero-order chi connectivity index (χ0) is 13.9. The largest absolute Gasteiger partial charge is 0.439 e. The Hall–Kier alpha value is -2.14. The fourth-order valence-electron chi connectivity index (χ4n) is 2.27. The van der Waals surface area contributed by atoms with Gasteiger partial charge in [0.15, 0.2) is 5.58 Å². The first-order chi connectivity index (χ1) is 9.78. The fourth-order valence-corrected chi connectivity index (χ4v) is 2.27. The summed E-state index contributed by atoms with van der Waals surface area (Å²) in [7, 11) is 0. The lowest BCUT2D eigenvalue weighted by atomic mass is 10.3. The van der Waals surface area contributed by atoms with Gasteiger partial charge in [-0.3, -0.25) is 0 Å². The van der Waals surface area contributed by atoms with Crippen molar-refractivity contribution in [1.82, 2.24) is 14.5 Å². The summed E-state index contributed by atoms with van der Waals surface area (Å²) in [5, 5.41) is 0. The third-order valence-electron chi connectivity index (χ3n) is 3.17. The second-order valence-corrected chi connectivity index (χ2v) is 4.59. The topological polar surface area (TPSA) is 53.1 Å². The minimum atomic E-state index is -0.0422. The summed E-state index contributed by atoms with van der Waals surface area (Å²) in [6, 6.07) is 7.76. The molecular weight excluding hydrogens is 254 g/mol. The lowest BCUT2D eigenvalue weighted by Gasteiger charge is -2.12. The van der Waals surface area contributed by atoms with Crippen molar-refractivity contribution < 1.29 is 9.15 Å². The van der Waals surface area contributed by atoms with Gasteiger partial charge in [0.2, 0.25) is 5.89 Å². The van der Waals surface area contributed by atoms with Crippen LogP contribution in [0.1, 0.15) is 31.7 Å². The Kier molecular flexibility index (Phi) is 3.52. The first kappa shape index (κ1) is 12.9. The summed E-state index contributed by atoms with van der Waals surface area (Å²) in [5.41, 5.74) is 1.68. The van der Waals surface area contributed by atoms with Gasteiger partial charge in [-0.05, 0) is 26.0 Å². The minimum Gasteiger partial charge on any atom is -0.439 e. The lowest BCUT2D eigenvalue weighted by molar-refractivity contribution is 0.0676. The standard InChI is InChI=1S/C15H17N3O2/c1-3-19-11(2)15-16-8-9-18(15)10-14-17-12-6-4-5-7-13(12)20-14/h4-9,11H,3,10H2,1-2H3/t11-/m0/s1. The highest BCUT2D eigenvalue weighted by molar-refractivity contribution is 5.72. The van der Waals surface area contributed by atoms with Crippen LogP contribution in [-0.4, -0.2) is 21.1 Å². The van der Waals surface area contributed by atoms with Crippen molar-refractivity contribution in [3.63, 3.8) is 0 Å². The van der Waals surface area contributed by atoms with Crippen LogP contribution in [0.3, 0.4) is 0 Å². The molecule has 5 nitrogen and oxygen atoms in total. The first-order valence-corrected chi connectivity index (χ1v) is 6.75. The van der Waals surface area contributed by atoms with Crippen LogP contribution in [0.15, 0.2) is 41.1 Å². The predicted molar refractivity (Wildman–Crippen MR) is 75.4 cm³/mol. The van der Waals surface area contributed by atoms with E-state index in [4.69, 9.17) is 9.15 Å². The Morgan fingerprint density at radius 3 is 3.00 bits per heavy atom. The molecule has 1 aromatic carbocycles. The molecule has 0 aliphatic rings. The van der Waals surface area contributed by atoms with Crippen molar-refractivity contribution in [3.05, 3.63) is 48.4 Å². The number of aromatic nitrogens is 3. The van der Waals surface area contributed by atoms with E-state index in [2.05, 4.69) is 9.97 Å². The smallest absolute Gasteiger partial charge is 0.215 e. The number of ether oxygens (including phenoxy) is 1. The molecule has 2 aromatic heterocycles. The lowest BCUT2D eigenvalue weighted by Crippen LogP contribution is -2.10. The van der Waals surface area contributed by atoms with Crippen LogP contribution in [0.25, 0.3) is 11.1 Å². The molecule has 3 rings (SSSR count). The molecule has 0 bridgehead atoms. The highest BCUT2D eigenvalue weighted by atomic mass is 16.5. The molecule has 0 aliphatic carbocycles. The van der Waals surface area contributed by atoms with Crippen molar-refractivity contribution >= 4 is 11.1 Å². The number of hydrogen-bond acceptors (Lipinski definition) is 4. The van der Waals surface area contributed by atoms with E-state index in [1.165, 1.54) is 0 Å². The predicted octanol–water partition coefficient (Wildman–Crippen LogP) is 3.17. The summed E-state index contributed by atoms with van der Waals surface area (Å²) in [6.45, 7) is 5.19. The van der Waals surface area contributed by atoms with E-state index in [1.807, 2.05) is 48.9 Å². The van der Waals surface area contributed by atoms with Gasteiger partial charge in [0.25, 0.3) is 0 Å². The van der Waals surface area contributed by atoms with Gasteiger partial charge in [-0.15, -0.1) is 0 Å². The Labute approximate surface area is 117 Å². The van der Waals surface area contributed by atoms with Crippen LogP contribution in [-0.2, 0) is 11.3 Å². The minimum absolute atomic E-state index is 0.0422. The normalized spacial score (nSPS) is 12.9. The van der Waals surface area contributed by atoms with Crippen molar-refractivity contribution in [2.24, 2.45) is 0 Å². The molecule has 0 spiro atoms. The fraction of sp³-hybridized carbons (Fsp3) is 0.333. The van der Waals surface area contributed by atoms with Crippen molar-refractivity contribution in [2.75, 3.05) is 6.61 Å². The summed E-state index contributed by atoms with van der Waals surface area (Å²) >= 11 is 0. The molecule has 0 saturated carbocycles. The SMILES string of the molecule is CCO[C@@H](C)c1nccn1Cc1nc2ccccc2o1. The molecule has 0 N–H and O–H groups in total. The summed E-state index contributed by atoms with van der Waals surface area (Å²) < 4.78 is 13.3. The molecule has 3 aromatic rings. The van der Waals surface area contributed by atoms with Crippen LogP contribution in [0.4, 0.5) is 0 Å². The number of para-hydroxylation sites is 2. The zero-order valence-electron chi connectivity index (χ0n) is 11.6. The van der Waals surface area contributed by atoms with Crippen molar-refractivity contribution in [2.45, 2.75) is 26.5 Å². The maximum atomic E-state index is 5.74. The molecule has 104 valence electrons. The molecule has 0 saturated heterocycles. The zero-order valence-corrected chi connectivity index (χ0v) is 11.6. The Bertz CT molecular complexity index is 669. The average molecular weight is 271 g/mol. The highest BCUT2D eigenvalue weighted by Gasteiger charge is 2.14. The monoisotopic (exact) mass is 271 g/mol. The molecule has 0 amide bonds. The molecule has 20 heavy (non-hydrogen) atoms. The number of benzene rings is 1. The molecule has 0 unspecified atom stereocenters. The van der Waals surface area contributed by atoms with E-state index in [0.29, 0.717) is 19.0 Å². The van der Waals surface area contributed by atoms with Gasteiger partial charge in [-0.1, -0.05) is 12.1 Å². The number of fused-ring (bicyclic) bond motifs is 1. The van der Waals surface area contributed by atoms with E-state index in [-0.39, 0.29) is 6.10 Å². The van der Waals surface area contributed by atoms with Crippen LogP contribution in [0, 0.1) is 0 Å². The second kappa shape index (κ2) is 5.46. The Morgan fingerprint density at radius 2 is 2.20 bits per heavy atom. The van der Waals surface area contributed by atoms with E-state index < -0.39 is 0 Å². The second-order valence-electron chi connectivity index (χ2n) is 4.59.